The Morgan fingerprint density at radius 3 is 2.47 bits per heavy atom. The molecular weight excluding hydrogens is 212 g/mol. The van der Waals surface area contributed by atoms with Crippen LogP contribution < -0.4 is 0 Å². The van der Waals surface area contributed by atoms with Gasteiger partial charge in [-0.05, 0) is 29.4 Å². The van der Waals surface area contributed by atoms with E-state index in [1.54, 1.807) is 0 Å². The summed E-state index contributed by atoms with van der Waals surface area (Å²) in [6.07, 6.45) is 2.74. The number of rotatable bonds is 2. The molecule has 0 fully saturated rings. The maximum Gasteiger partial charge on any atom is 0.307 e. The SMILES string of the molecule is CC1C(c2ccccc2)=CCC(C(=O)O)C1C. The van der Waals surface area contributed by atoms with Gasteiger partial charge in [0.15, 0.2) is 0 Å². The molecule has 0 bridgehead atoms. The lowest BCUT2D eigenvalue weighted by Gasteiger charge is -2.32. The van der Waals surface area contributed by atoms with Gasteiger partial charge in [0.25, 0.3) is 0 Å². The standard InChI is InChI=1S/C15H18O2/c1-10-11(2)14(15(16)17)9-8-13(10)12-6-4-3-5-7-12/h3-8,10-11,14H,9H2,1-2H3,(H,16,17). The zero-order valence-electron chi connectivity index (χ0n) is 10.3. The smallest absolute Gasteiger partial charge is 0.307 e. The Morgan fingerprint density at radius 1 is 1.24 bits per heavy atom. The molecule has 1 aliphatic rings. The molecule has 2 nitrogen and oxygen atoms in total. The van der Waals surface area contributed by atoms with E-state index in [4.69, 9.17) is 5.11 Å². The van der Waals surface area contributed by atoms with Crippen LogP contribution in [0.5, 0.6) is 0 Å². The molecule has 0 radical (unpaired) electrons. The highest BCUT2D eigenvalue weighted by molar-refractivity contribution is 5.75. The molecule has 90 valence electrons. The summed E-state index contributed by atoms with van der Waals surface area (Å²) in [4.78, 5) is 11.1. The van der Waals surface area contributed by atoms with Crippen LogP contribution in [-0.2, 0) is 4.79 Å². The van der Waals surface area contributed by atoms with E-state index in [-0.39, 0.29) is 11.8 Å². The molecule has 3 unspecified atom stereocenters. The van der Waals surface area contributed by atoms with Crippen molar-refractivity contribution in [2.45, 2.75) is 20.3 Å². The van der Waals surface area contributed by atoms with Gasteiger partial charge < -0.3 is 5.11 Å². The van der Waals surface area contributed by atoms with Gasteiger partial charge in [-0.3, -0.25) is 4.79 Å². The summed E-state index contributed by atoms with van der Waals surface area (Å²) in [6.45, 7) is 4.16. The summed E-state index contributed by atoms with van der Waals surface area (Å²) in [6, 6.07) is 10.2. The molecule has 17 heavy (non-hydrogen) atoms. The molecule has 0 saturated heterocycles. The predicted molar refractivity (Wildman–Crippen MR) is 68.5 cm³/mol. The summed E-state index contributed by atoms with van der Waals surface area (Å²) in [5.41, 5.74) is 2.51. The first-order chi connectivity index (χ1) is 8.11. The molecule has 0 aliphatic heterocycles. The topological polar surface area (TPSA) is 37.3 Å². The largest absolute Gasteiger partial charge is 0.481 e. The van der Waals surface area contributed by atoms with Gasteiger partial charge in [-0.1, -0.05) is 50.3 Å². The van der Waals surface area contributed by atoms with Crippen molar-refractivity contribution in [1.82, 2.24) is 0 Å². The van der Waals surface area contributed by atoms with Gasteiger partial charge in [0.2, 0.25) is 0 Å². The fourth-order valence-corrected chi connectivity index (χ4v) is 2.62. The lowest BCUT2D eigenvalue weighted by atomic mass is 9.72. The third kappa shape index (κ3) is 2.26. The van der Waals surface area contributed by atoms with Crippen molar-refractivity contribution in [2.75, 3.05) is 0 Å². The molecule has 1 N–H and O–H groups in total. The molecule has 0 spiro atoms. The van der Waals surface area contributed by atoms with Crippen molar-refractivity contribution in [3.05, 3.63) is 42.0 Å². The number of allylic oxidation sites excluding steroid dienone is 2. The molecule has 1 aromatic carbocycles. The molecule has 1 aromatic rings. The highest BCUT2D eigenvalue weighted by atomic mass is 16.4. The van der Waals surface area contributed by atoms with Crippen LogP contribution in [-0.4, -0.2) is 11.1 Å². The molecule has 0 saturated carbocycles. The Morgan fingerprint density at radius 2 is 1.88 bits per heavy atom. The third-order valence-electron chi connectivity index (χ3n) is 3.93. The fourth-order valence-electron chi connectivity index (χ4n) is 2.62. The van der Waals surface area contributed by atoms with Gasteiger partial charge in [-0.2, -0.15) is 0 Å². The summed E-state index contributed by atoms with van der Waals surface area (Å²) in [7, 11) is 0. The Bertz CT molecular complexity index is 433. The van der Waals surface area contributed by atoms with Crippen molar-refractivity contribution < 1.29 is 9.90 Å². The first-order valence-corrected chi connectivity index (χ1v) is 6.09. The van der Waals surface area contributed by atoms with Crippen LogP contribution in [0.2, 0.25) is 0 Å². The number of hydrogen-bond acceptors (Lipinski definition) is 1. The first-order valence-electron chi connectivity index (χ1n) is 6.09. The highest BCUT2D eigenvalue weighted by Crippen LogP contribution is 2.39. The van der Waals surface area contributed by atoms with Crippen molar-refractivity contribution in [3.63, 3.8) is 0 Å². The first kappa shape index (κ1) is 11.9. The predicted octanol–water partition coefficient (Wildman–Crippen LogP) is 3.45. The van der Waals surface area contributed by atoms with E-state index in [1.807, 2.05) is 25.1 Å². The number of carbonyl (C=O) groups is 1. The van der Waals surface area contributed by atoms with E-state index in [0.29, 0.717) is 12.3 Å². The number of aliphatic carboxylic acids is 1. The Hall–Kier alpha value is -1.57. The van der Waals surface area contributed by atoms with E-state index in [1.165, 1.54) is 11.1 Å². The second-order valence-corrected chi connectivity index (χ2v) is 4.85. The van der Waals surface area contributed by atoms with Crippen LogP contribution in [0.15, 0.2) is 36.4 Å². The maximum atomic E-state index is 11.1. The number of carboxylic acids is 1. The number of hydrogen-bond donors (Lipinski definition) is 1. The average Bonchev–Trinajstić information content (AvgIpc) is 2.33. The Kier molecular flexibility index (Phi) is 3.32. The lowest BCUT2D eigenvalue weighted by Crippen LogP contribution is -2.29. The minimum absolute atomic E-state index is 0.188. The Balaban J connectivity index is 2.30. The van der Waals surface area contributed by atoms with Crippen LogP contribution in [0.1, 0.15) is 25.8 Å². The Labute approximate surface area is 102 Å². The molecule has 1 aliphatic carbocycles. The number of carboxylic acid groups (broad SMARTS) is 1. The maximum absolute atomic E-state index is 11.1. The molecule has 2 heteroatoms. The highest BCUT2D eigenvalue weighted by Gasteiger charge is 2.33. The van der Waals surface area contributed by atoms with E-state index >= 15 is 0 Å². The normalized spacial score (nSPS) is 28.6. The van der Waals surface area contributed by atoms with Crippen LogP contribution in [0.3, 0.4) is 0 Å². The van der Waals surface area contributed by atoms with Crippen LogP contribution >= 0.6 is 0 Å². The van der Waals surface area contributed by atoms with E-state index in [0.717, 1.165) is 0 Å². The second kappa shape index (κ2) is 4.74. The molecule has 0 amide bonds. The van der Waals surface area contributed by atoms with Gasteiger partial charge >= 0.3 is 5.97 Å². The van der Waals surface area contributed by atoms with Crippen LogP contribution in [0, 0.1) is 17.8 Å². The van der Waals surface area contributed by atoms with Crippen LogP contribution in [0.4, 0.5) is 0 Å². The molecule has 3 atom stereocenters. The second-order valence-electron chi connectivity index (χ2n) is 4.85. The molecule has 2 rings (SSSR count). The summed E-state index contributed by atoms with van der Waals surface area (Å²) in [5, 5.41) is 9.15. The summed E-state index contributed by atoms with van der Waals surface area (Å²) >= 11 is 0. The molecule has 0 aromatic heterocycles. The van der Waals surface area contributed by atoms with Crippen LogP contribution in [0.25, 0.3) is 5.57 Å². The molecule has 0 heterocycles. The van der Waals surface area contributed by atoms with E-state index < -0.39 is 5.97 Å². The minimum Gasteiger partial charge on any atom is -0.481 e. The van der Waals surface area contributed by atoms with Crippen molar-refractivity contribution in [2.24, 2.45) is 17.8 Å². The van der Waals surface area contributed by atoms with Crippen molar-refractivity contribution in [3.8, 4) is 0 Å². The zero-order chi connectivity index (χ0) is 12.4. The van der Waals surface area contributed by atoms with Gasteiger partial charge in [0, 0.05) is 0 Å². The van der Waals surface area contributed by atoms with E-state index in [2.05, 4.69) is 25.1 Å². The van der Waals surface area contributed by atoms with Crippen molar-refractivity contribution >= 4 is 11.5 Å². The van der Waals surface area contributed by atoms with Gasteiger partial charge in [0.05, 0.1) is 5.92 Å². The fraction of sp³-hybridized carbons (Fsp3) is 0.400. The van der Waals surface area contributed by atoms with Crippen molar-refractivity contribution in [1.29, 1.82) is 0 Å². The minimum atomic E-state index is -0.673. The van der Waals surface area contributed by atoms with Gasteiger partial charge in [0.1, 0.15) is 0 Å². The third-order valence-corrected chi connectivity index (χ3v) is 3.93. The lowest BCUT2D eigenvalue weighted by molar-refractivity contribution is -0.143. The van der Waals surface area contributed by atoms with Gasteiger partial charge in [-0.15, -0.1) is 0 Å². The number of benzene rings is 1. The zero-order valence-corrected chi connectivity index (χ0v) is 10.3. The summed E-state index contributed by atoms with van der Waals surface area (Å²) < 4.78 is 0. The van der Waals surface area contributed by atoms with E-state index in [9.17, 15) is 4.79 Å². The van der Waals surface area contributed by atoms with Gasteiger partial charge in [-0.25, -0.2) is 0 Å². The summed E-state index contributed by atoms with van der Waals surface area (Å²) in [5.74, 6) is -0.426. The molecular formula is C15H18O2. The average molecular weight is 230 g/mol. The monoisotopic (exact) mass is 230 g/mol. The quantitative estimate of drug-likeness (QED) is 0.845.